The van der Waals surface area contributed by atoms with E-state index in [0.29, 0.717) is 0 Å². The average Bonchev–Trinajstić information content (AvgIpc) is 2.45. The lowest BCUT2D eigenvalue weighted by molar-refractivity contribution is -0.00364. The zero-order valence-electron chi connectivity index (χ0n) is 7.23. The van der Waals surface area contributed by atoms with Crippen LogP contribution in [0.5, 0.6) is 0 Å². The van der Waals surface area contributed by atoms with Gasteiger partial charge in [-0.1, -0.05) is 11.6 Å². The average molecular weight is 152 g/mol. The summed E-state index contributed by atoms with van der Waals surface area (Å²) in [6.07, 6.45) is 8.59. The van der Waals surface area contributed by atoms with Crippen LogP contribution in [0.4, 0.5) is 0 Å². The molecule has 1 fully saturated rings. The fourth-order valence-corrected chi connectivity index (χ4v) is 2.10. The zero-order valence-corrected chi connectivity index (χ0v) is 7.23. The molecular weight excluding hydrogens is 136 g/mol. The predicted molar refractivity (Wildman–Crippen MR) is 45.5 cm³/mol. The highest BCUT2D eigenvalue weighted by Crippen LogP contribution is 2.38. The minimum atomic E-state index is 0.277. The third-order valence-corrected chi connectivity index (χ3v) is 2.98. The Morgan fingerprint density at radius 2 is 2.36 bits per heavy atom. The van der Waals surface area contributed by atoms with E-state index in [4.69, 9.17) is 4.74 Å². The van der Waals surface area contributed by atoms with E-state index in [1.807, 2.05) is 0 Å². The summed E-state index contributed by atoms with van der Waals surface area (Å²) < 4.78 is 5.79. The van der Waals surface area contributed by atoms with Crippen molar-refractivity contribution in [1.82, 2.24) is 0 Å². The Hall–Kier alpha value is -0.300. The van der Waals surface area contributed by atoms with Gasteiger partial charge in [-0.3, -0.25) is 0 Å². The predicted octanol–water partition coefficient (Wildman–Crippen LogP) is 2.67. The van der Waals surface area contributed by atoms with Gasteiger partial charge in [-0.25, -0.2) is 0 Å². The fraction of sp³-hybridized carbons (Fsp3) is 0.800. The smallest absolute Gasteiger partial charge is 0.0720 e. The molecule has 0 bridgehead atoms. The molecule has 1 heterocycles. The molecule has 0 aromatic carbocycles. The summed E-state index contributed by atoms with van der Waals surface area (Å²) in [5.41, 5.74) is 1.82. The standard InChI is InChI=1S/C10H16O/c1-9-3-6-10(7-4-9)5-2-8-11-10/h3H,2,4-8H2,1H3. The third-order valence-electron chi connectivity index (χ3n) is 2.98. The fourth-order valence-electron chi connectivity index (χ4n) is 2.10. The molecule has 1 heteroatoms. The quantitative estimate of drug-likeness (QED) is 0.485. The van der Waals surface area contributed by atoms with Crippen LogP contribution in [0.15, 0.2) is 11.6 Å². The number of rotatable bonds is 0. The van der Waals surface area contributed by atoms with Gasteiger partial charge in [0, 0.05) is 6.61 Å². The summed E-state index contributed by atoms with van der Waals surface area (Å²) in [5.74, 6) is 0. The van der Waals surface area contributed by atoms with E-state index in [0.717, 1.165) is 6.61 Å². The van der Waals surface area contributed by atoms with Crippen molar-refractivity contribution in [2.45, 2.75) is 44.6 Å². The van der Waals surface area contributed by atoms with E-state index in [1.165, 1.54) is 32.1 Å². The van der Waals surface area contributed by atoms with E-state index >= 15 is 0 Å². The molecule has 0 amide bonds. The van der Waals surface area contributed by atoms with Crippen LogP contribution < -0.4 is 0 Å². The summed E-state index contributed by atoms with van der Waals surface area (Å²) in [7, 11) is 0. The molecule has 1 unspecified atom stereocenters. The van der Waals surface area contributed by atoms with Gasteiger partial charge < -0.3 is 4.74 Å². The first kappa shape index (κ1) is 7.35. The van der Waals surface area contributed by atoms with Crippen LogP contribution >= 0.6 is 0 Å². The first-order valence-electron chi connectivity index (χ1n) is 4.60. The van der Waals surface area contributed by atoms with Gasteiger partial charge in [-0.2, -0.15) is 0 Å². The number of allylic oxidation sites excluding steroid dienone is 1. The molecule has 2 rings (SSSR count). The summed E-state index contributed by atoms with van der Waals surface area (Å²) in [6.45, 7) is 3.22. The van der Waals surface area contributed by atoms with Crippen molar-refractivity contribution >= 4 is 0 Å². The molecule has 1 spiro atoms. The number of hydrogen-bond acceptors (Lipinski definition) is 1. The maximum atomic E-state index is 5.79. The van der Waals surface area contributed by atoms with E-state index in [1.54, 1.807) is 5.57 Å². The lowest BCUT2D eigenvalue weighted by atomic mass is 9.84. The zero-order chi connectivity index (χ0) is 7.73. The van der Waals surface area contributed by atoms with Crippen molar-refractivity contribution in [3.63, 3.8) is 0 Å². The highest BCUT2D eigenvalue weighted by molar-refractivity contribution is 5.09. The summed E-state index contributed by atoms with van der Waals surface area (Å²) in [4.78, 5) is 0. The summed E-state index contributed by atoms with van der Waals surface area (Å²) in [6, 6.07) is 0. The van der Waals surface area contributed by atoms with Gasteiger partial charge >= 0.3 is 0 Å². The molecule has 1 aliphatic carbocycles. The summed E-state index contributed by atoms with van der Waals surface area (Å²) in [5, 5.41) is 0. The molecular formula is C10H16O. The van der Waals surface area contributed by atoms with E-state index in [9.17, 15) is 0 Å². The van der Waals surface area contributed by atoms with E-state index in [-0.39, 0.29) is 5.60 Å². The van der Waals surface area contributed by atoms with E-state index < -0.39 is 0 Å². The Morgan fingerprint density at radius 1 is 1.45 bits per heavy atom. The molecule has 0 N–H and O–H groups in total. The third kappa shape index (κ3) is 1.34. The normalized spacial score (nSPS) is 37.7. The Kier molecular flexibility index (Phi) is 1.76. The molecule has 1 saturated heterocycles. The molecule has 1 atom stereocenters. The second-order valence-electron chi connectivity index (χ2n) is 3.89. The molecule has 62 valence electrons. The molecule has 0 radical (unpaired) electrons. The van der Waals surface area contributed by atoms with Crippen LogP contribution in [0.25, 0.3) is 0 Å². The number of hydrogen-bond donors (Lipinski definition) is 0. The molecule has 0 aromatic rings. The SMILES string of the molecule is CC1=CCC2(CCCO2)CC1. The summed E-state index contributed by atoms with van der Waals surface area (Å²) >= 11 is 0. The Morgan fingerprint density at radius 3 is 2.91 bits per heavy atom. The van der Waals surface area contributed by atoms with Crippen molar-refractivity contribution in [2.24, 2.45) is 0 Å². The number of ether oxygens (including phenoxy) is 1. The lowest BCUT2D eigenvalue weighted by Gasteiger charge is -2.30. The Labute approximate surface area is 68.4 Å². The van der Waals surface area contributed by atoms with Crippen molar-refractivity contribution in [3.8, 4) is 0 Å². The van der Waals surface area contributed by atoms with Gasteiger partial charge in [0.05, 0.1) is 5.60 Å². The van der Waals surface area contributed by atoms with Gasteiger partial charge in [-0.15, -0.1) is 0 Å². The van der Waals surface area contributed by atoms with Crippen LogP contribution in [-0.4, -0.2) is 12.2 Å². The second kappa shape index (κ2) is 2.63. The molecule has 1 aliphatic heterocycles. The molecule has 1 nitrogen and oxygen atoms in total. The topological polar surface area (TPSA) is 9.23 Å². The van der Waals surface area contributed by atoms with Crippen LogP contribution in [-0.2, 0) is 4.74 Å². The van der Waals surface area contributed by atoms with Crippen LogP contribution in [0.2, 0.25) is 0 Å². The lowest BCUT2D eigenvalue weighted by Crippen LogP contribution is -2.29. The molecule has 0 aromatic heterocycles. The minimum Gasteiger partial charge on any atom is -0.375 e. The highest BCUT2D eigenvalue weighted by atomic mass is 16.5. The van der Waals surface area contributed by atoms with Gasteiger partial charge in [0.25, 0.3) is 0 Å². The van der Waals surface area contributed by atoms with Gasteiger partial charge in [0.15, 0.2) is 0 Å². The van der Waals surface area contributed by atoms with E-state index in [2.05, 4.69) is 13.0 Å². The van der Waals surface area contributed by atoms with Crippen LogP contribution in [0.1, 0.15) is 39.0 Å². The first-order chi connectivity index (χ1) is 5.31. The monoisotopic (exact) mass is 152 g/mol. The van der Waals surface area contributed by atoms with Crippen molar-refractivity contribution in [1.29, 1.82) is 0 Å². The Balaban J connectivity index is 2.06. The van der Waals surface area contributed by atoms with Gasteiger partial charge in [0.2, 0.25) is 0 Å². The Bertz CT molecular complexity index is 175. The van der Waals surface area contributed by atoms with Gasteiger partial charge in [-0.05, 0) is 39.0 Å². The molecule has 0 saturated carbocycles. The highest BCUT2D eigenvalue weighted by Gasteiger charge is 2.35. The maximum absolute atomic E-state index is 5.79. The first-order valence-corrected chi connectivity index (χ1v) is 4.60. The van der Waals surface area contributed by atoms with Crippen molar-refractivity contribution < 1.29 is 4.74 Å². The molecule has 2 aliphatic rings. The van der Waals surface area contributed by atoms with Crippen molar-refractivity contribution in [2.75, 3.05) is 6.61 Å². The van der Waals surface area contributed by atoms with Gasteiger partial charge in [0.1, 0.15) is 0 Å². The second-order valence-corrected chi connectivity index (χ2v) is 3.89. The maximum Gasteiger partial charge on any atom is 0.0720 e. The van der Waals surface area contributed by atoms with Crippen LogP contribution in [0, 0.1) is 0 Å². The van der Waals surface area contributed by atoms with Crippen molar-refractivity contribution in [3.05, 3.63) is 11.6 Å². The van der Waals surface area contributed by atoms with Crippen LogP contribution in [0.3, 0.4) is 0 Å². The largest absolute Gasteiger partial charge is 0.375 e. The molecule has 11 heavy (non-hydrogen) atoms. The minimum absolute atomic E-state index is 0.277.